The van der Waals surface area contributed by atoms with Crippen molar-refractivity contribution in [3.05, 3.63) is 280 Å². The number of rotatable bonds is 18. The maximum Gasteiger partial charge on any atom is 0.352 e. The van der Waals surface area contributed by atoms with E-state index in [9.17, 15) is 90.6 Å². The van der Waals surface area contributed by atoms with Crippen LogP contribution in [0.3, 0.4) is 0 Å². The van der Waals surface area contributed by atoms with Crippen molar-refractivity contribution >= 4 is 97.9 Å². The predicted octanol–water partition coefficient (Wildman–Crippen LogP) is 6.61. The zero-order valence-corrected chi connectivity index (χ0v) is 65.4. The molecule has 19 atom stereocenters. The third-order valence-corrected chi connectivity index (χ3v) is 19.9. The van der Waals surface area contributed by atoms with E-state index < -0.39 is 182 Å². The van der Waals surface area contributed by atoms with Crippen LogP contribution in [-0.4, -0.2) is 215 Å². The lowest BCUT2D eigenvalue weighted by atomic mass is 10.1. The highest BCUT2D eigenvalue weighted by molar-refractivity contribution is 14.1. The van der Waals surface area contributed by atoms with E-state index in [-0.39, 0.29) is 76.4 Å². The van der Waals surface area contributed by atoms with Crippen LogP contribution in [0.15, 0.2) is 224 Å². The van der Waals surface area contributed by atoms with Gasteiger partial charge in [0.1, 0.15) is 77.6 Å². The number of halogens is 7. The van der Waals surface area contributed by atoms with E-state index >= 15 is 0 Å². The van der Waals surface area contributed by atoms with Gasteiger partial charge in [-0.3, -0.25) is 42.0 Å². The summed E-state index contributed by atoms with van der Waals surface area (Å²) >= 11 is 3.76. The molecule has 39 nitrogen and oxygen atoms in total. The Labute approximate surface area is 729 Å². The van der Waals surface area contributed by atoms with Gasteiger partial charge in [-0.15, -0.1) is 0 Å². The number of aliphatic hydroxyl groups excluding tert-OH is 7. The molecule has 0 bridgehead atoms. The topological polar surface area (TPSA) is 553 Å². The molecule has 13 N–H and O–H groups in total. The smallest absolute Gasteiger partial charge is 0.352 e. The van der Waals surface area contributed by atoms with Gasteiger partial charge in [0.15, 0.2) is 61.5 Å². The molecule has 46 heteroatoms. The van der Waals surface area contributed by atoms with E-state index in [0.29, 0.717) is 26.7 Å². The number of carbonyl (C=O) groups excluding carboxylic acids is 4. The summed E-state index contributed by atoms with van der Waals surface area (Å²) in [7, 11) is 0. The first-order valence-electron chi connectivity index (χ1n) is 35.1. The molecule has 0 spiro atoms. The minimum Gasteiger partial charge on any atom is -0.469 e. The molecule has 5 aromatic heterocycles. The Bertz CT molecular complexity index is 5300. The number of nitrogens with zero attached hydrogens (tertiary/aromatic N) is 13. The lowest BCUT2D eigenvalue weighted by molar-refractivity contribution is -0.0833. The summed E-state index contributed by atoms with van der Waals surface area (Å²) in [6, 6.07) is 40.2. The number of carbonyl (C=O) groups is 4. The predicted molar refractivity (Wildman–Crippen MR) is 458 cm³/mol. The van der Waals surface area contributed by atoms with Gasteiger partial charge in [-0.1, -0.05) is 167 Å². The number of hydrogen-bond donors (Lipinski definition) is 12. The summed E-state index contributed by atoms with van der Waals surface area (Å²) in [5.41, 5.74) is 9.59. The number of nitrogens with one attached hydrogen (secondary N) is 4. The quantitative estimate of drug-likeness (QED) is 0.0107. The number of amides is 4. The number of hydrogen-bond acceptors (Lipinski definition) is 28. The summed E-state index contributed by atoms with van der Waals surface area (Å²) < 4.78 is 101. The molecule has 14 rings (SSSR count). The molecule has 5 aliphatic heterocycles. The Kier molecular flexibility index (Phi) is 38.9. The summed E-state index contributed by atoms with van der Waals surface area (Å²) in [6.07, 6.45) is -20.4. The van der Waals surface area contributed by atoms with E-state index in [1.165, 1.54) is 61.3 Å². The lowest BCUT2D eigenvalue weighted by Gasteiger charge is -2.23. The SMILES string of the molecule is C.C.C.C.C.C=C1O[C@@H](n2ccc(NC(=O)c3ccccc3)nc2=O)[C@H](F)[C@@H]1O.Nc1ccn([C@@H]2O[C@H](CO)[C@@H](O)[C@H]2F)c(=O)n1.O=C(Nc1ccn([C@@H]2O[C@H](CI)[C@@H](O)[C@H]2F)c(=O)n1)c1ccccc1.O=C(Nc1ccn([C@@H]2O[C@H](CO)[C@@H](O)[C@H]2F)c(=O)n1)c1ccccc1.[N-]=[N+]=N[C@]1(CI)O[C@@H](n2ccc(NC(=O)c3ccccc3)nc2=O)[C@H](F)[C@@H]1O. The van der Waals surface area contributed by atoms with Gasteiger partial charge in [-0.25, -0.2) is 45.9 Å². The standard InChI is InChI=1S/C16H14FIN6O4.C16H15FIN3O4.C16H16FN3O5.C16H14FN3O4.C9H12FN3O4.5CH4/c17-11-12(25)16(8-18,22-23-19)28-14(11)24-7-6-10(21-15(24)27)20-13(26)9-4-2-1-3-5-9;17-12-13(22)10(8-18)25-15(12)21-7-6-11(20-16(21)24)19-14(23)9-4-2-1-3-5-9;17-12-13(22)10(8-21)25-15(12)20-7-6-11(19-16(20)24)18-14(23)9-4-2-1-3-5-9;1-9-13(21)12(17)15(24-9)20-8-7-11(19-16(20)23)18-14(22)10-5-3-2-4-6-10;10-6-7(15)4(3-14)17-8(6)13-2-1-5(11)12-9(13)16;;;;;/h1-7,11-12,14,25H,8H2,(H,20,21,26,27);1-7,10,12-13,15,22H,8H2,(H,19,20,23,24);1-7,10,12-13,15,21-22H,8H2,(H,18,19,23,24);2-8,12-13,15,21H,1H2,(H,18,19,22,23);1-2,4,6-8,14-15H,3H2,(H2,11,12,16);5*1H4/t11-,12+,14-,16-;2*10-,12-,13-,15-;12-,13-,15-;4-,6-,7-,8-;;;;;/m11111...../s1. The molecular weight excluding hydrogens is 1870 g/mol. The second-order valence-electron chi connectivity index (χ2n) is 25.8. The van der Waals surface area contributed by atoms with Gasteiger partial charge in [0, 0.05) is 67.0 Å². The molecule has 668 valence electrons. The van der Waals surface area contributed by atoms with E-state index in [2.05, 4.69) is 62.8 Å². The van der Waals surface area contributed by atoms with Gasteiger partial charge >= 0.3 is 28.4 Å². The van der Waals surface area contributed by atoms with Crippen molar-refractivity contribution in [1.82, 2.24) is 47.8 Å². The van der Waals surface area contributed by atoms with Crippen molar-refractivity contribution in [2.75, 3.05) is 49.1 Å². The van der Waals surface area contributed by atoms with E-state index in [1.807, 2.05) is 22.6 Å². The Morgan fingerprint density at radius 3 is 1.00 bits per heavy atom. The van der Waals surface area contributed by atoms with E-state index in [0.717, 1.165) is 22.8 Å². The van der Waals surface area contributed by atoms with Crippen molar-refractivity contribution in [2.45, 2.75) is 154 Å². The van der Waals surface area contributed by atoms with Crippen molar-refractivity contribution < 1.29 is 101 Å². The Balaban J connectivity index is 0.000000274. The Hall–Kier alpha value is -11.5. The molecule has 124 heavy (non-hydrogen) atoms. The minimum absolute atomic E-state index is 0. The molecule has 0 radical (unpaired) electrons. The van der Waals surface area contributed by atoms with Gasteiger partial charge in [0.2, 0.25) is 6.23 Å². The van der Waals surface area contributed by atoms with Crippen LogP contribution in [0.25, 0.3) is 10.4 Å². The molecule has 4 amide bonds. The van der Waals surface area contributed by atoms with Gasteiger partial charge in [-0.05, 0) is 84.4 Å². The molecule has 9 aromatic rings. The average Bonchev–Trinajstić information content (AvgIpc) is 1.61. The highest BCUT2D eigenvalue weighted by atomic mass is 127. The lowest BCUT2D eigenvalue weighted by Crippen LogP contribution is -2.41. The second-order valence-corrected chi connectivity index (χ2v) is 27.4. The molecule has 5 saturated heterocycles. The van der Waals surface area contributed by atoms with Gasteiger partial charge in [-0.2, -0.15) is 24.9 Å². The first kappa shape index (κ1) is 103. The summed E-state index contributed by atoms with van der Waals surface area (Å²) in [6.45, 7) is 2.27. The second kappa shape index (κ2) is 46.8. The maximum absolute atomic E-state index is 14.6. The van der Waals surface area contributed by atoms with Crippen molar-refractivity contribution in [1.29, 1.82) is 0 Å². The Morgan fingerprint density at radius 2 is 0.742 bits per heavy atom. The molecule has 0 saturated carbocycles. The van der Waals surface area contributed by atoms with Crippen molar-refractivity contribution in [2.24, 2.45) is 5.11 Å². The summed E-state index contributed by atoms with van der Waals surface area (Å²) in [4.78, 5) is 129. The third kappa shape index (κ3) is 24.3. The third-order valence-electron chi connectivity index (χ3n) is 18.0. The molecule has 0 aliphatic carbocycles. The molecule has 0 unspecified atom stereocenters. The largest absolute Gasteiger partial charge is 0.469 e. The highest BCUT2D eigenvalue weighted by Crippen LogP contribution is 2.42. The minimum atomic E-state index is -2.02. The molecule has 5 fully saturated rings. The van der Waals surface area contributed by atoms with Crippen LogP contribution in [0.2, 0.25) is 0 Å². The van der Waals surface area contributed by atoms with Gasteiger partial charge in [0.25, 0.3) is 23.6 Å². The van der Waals surface area contributed by atoms with Crippen LogP contribution >= 0.6 is 45.2 Å². The summed E-state index contributed by atoms with van der Waals surface area (Å²) in [5, 5.41) is 79.6. The van der Waals surface area contributed by atoms with Crippen LogP contribution in [0.5, 0.6) is 0 Å². The number of benzene rings is 4. The van der Waals surface area contributed by atoms with Crippen LogP contribution in [-0.2, 0) is 23.7 Å². The fourth-order valence-electron chi connectivity index (χ4n) is 11.7. The van der Waals surface area contributed by atoms with E-state index in [4.69, 9.17) is 45.2 Å². The number of ether oxygens (including phenoxy) is 5. The zero-order valence-electron chi connectivity index (χ0n) is 61.1. The Morgan fingerprint density at radius 1 is 0.452 bits per heavy atom. The monoisotopic (exact) mass is 1960 g/mol. The van der Waals surface area contributed by atoms with Gasteiger partial charge in [0.05, 0.1) is 19.3 Å². The number of aromatic nitrogens is 10. The molecule has 10 heterocycles. The maximum atomic E-state index is 14.6. The van der Waals surface area contributed by atoms with Crippen LogP contribution in [0.1, 0.15) is 110 Å². The van der Waals surface area contributed by atoms with Crippen molar-refractivity contribution in [3.8, 4) is 0 Å². The number of alkyl halides is 7. The van der Waals surface area contributed by atoms with Crippen LogP contribution < -0.4 is 55.4 Å². The fourth-order valence-corrected chi connectivity index (χ4v) is 13.2. The number of azide groups is 1. The van der Waals surface area contributed by atoms with Gasteiger partial charge < -0.3 is 86.4 Å². The van der Waals surface area contributed by atoms with E-state index in [1.54, 1.807) is 144 Å². The number of nitrogens with two attached hydrogens (primary N) is 1. The van der Waals surface area contributed by atoms with Crippen molar-refractivity contribution in [3.63, 3.8) is 0 Å². The molecule has 4 aromatic carbocycles. The fraction of sp³-hybridized carbons (Fsp3) is 0.359. The first-order chi connectivity index (χ1) is 56.9. The first-order valence-corrected chi connectivity index (χ1v) is 38.2. The number of nitrogen functional groups attached to an aromatic ring is 1. The zero-order chi connectivity index (χ0) is 86.1. The summed E-state index contributed by atoms with van der Waals surface area (Å²) in [5.74, 6) is -1.83. The molecule has 5 aliphatic rings. The van der Waals surface area contributed by atoms with Crippen LogP contribution in [0, 0.1) is 0 Å². The highest BCUT2D eigenvalue weighted by Gasteiger charge is 2.56. The van der Waals surface area contributed by atoms with Crippen LogP contribution in [0.4, 0.5) is 51.0 Å². The number of anilines is 5. The average molecular weight is 1970 g/mol. The molecular formula is C78H91F5I2N18O21. The number of aliphatic hydroxyl groups is 7. The normalized spacial score (nSPS) is 25.3.